The summed E-state index contributed by atoms with van der Waals surface area (Å²) in [7, 11) is 0. The van der Waals surface area contributed by atoms with Gasteiger partial charge in [-0.3, -0.25) is 0 Å². The van der Waals surface area contributed by atoms with Gasteiger partial charge in [0, 0.05) is 0 Å². The van der Waals surface area contributed by atoms with Crippen LogP contribution in [0.15, 0.2) is 29.6 Å². The summed E-state index contributed by atoms with van der Waals surface area (Å²) in [5.74, 6) is 0. The number of hydrogen-bond acceptors (Lipinski definition) is 2. The Morgan fingerprint density at radius 3 is 2.44 bits per heavy atom. The number of thiophene rings is 2. The van der Waals surface area contributed by atoms with Gasteiger partial charge in [-0.05, 0) is 0 Å². The SMILES string of the molecule is [CH3][Sn]([CH3])([CH3])[c]1cc2ccc3ccsc3c2s1. The van der Waals surface area contributed by atoms with Crippen molar-refractivity contribution in [2.45, 2.75) is 14.8 Å². The first-order chi connectivity index (χ1) is 7.55. The van der Waals surface area contributed by atoms with Gasteiger partial charge in [-0.15, -0.1) is 0 Å². The molecule has 0 saturated heterocycles. The summed E-state index contributed by atoms with van der Waals surface area (Å²) in [4.78, 5) is 7.47. The third-order valence-corrected chi connectivity index (χ3v) is 14.5. The molecule has 2 aromatic heterocycles. The molecule has 0 N–H and O–H groups in total. The molecule has 0 atom stereocenters. The molecule has 0 unspecified atom stereocenters. The minimum absolute atomic E-state index is 1.40. The fourth-order valence-corrected chi connectivity index (χ4v) is 9.35. The molecule has 0 radical (unpaired) electrons. The Kier molecular flexibility index (Phi) is 2.57. The molecule has 0 aliphatic heterocycles. The van der Waals surface area contributed by atoms with E-state index >= 15 is 0 Å². The van der Waals surface area contributed by atoms with Crippen LogP contribution >= 0.6 is 22.7 Å². The third-order valence-electron chi connectivity index (χ3n) is 2.84. The fraction of sp³-hybridized carbons (Fsp3) is 0.231. The van der Waals surface area contributed by atoms with Crippen molar-refractivity contribution in [3.05, 3.63) is 29.6 Å². The van der Waals surface area contributed by atoms with Gasteiger partial charge in [-0.25, -0.2) is 0 Å². The molecule has 0 amide bonds. The van der Waals surface area contributed by atoms with Crippen LogP contribution in [0, 0.1) is 0 Å². The summed E-state index contributed by atoms with van der Waals surface area (Å²) in [6, 6.07) is 9.19. The van der Waals surface area contributed by atoms with Gasteiger partial charge in [-0.1, -0.05) is 0 Å². The molecule has 0 spiro atoms. The van der Waals surface area contributed by atoms with Crippen molar-refractivity contribution in [1.29, 1.82) is 0 Å². The van der Waals surface area contributed by atoms with Crippen LogP contribution in [0.1, 0.15) is 0 Å². The summed E-state index contributed by atoms with van der Waals surface area (Å²) in [6.07, 6.45) is 0. The molecule has 82 valence electrons. The van der Waals surface area contributed by atoms with E-state index in [1.165, 1.54) is 20.2 Å². The third kappa shape index (κ3) is 1.71. The summed E-state index contributed by atoms with van der Waals surface area (Å²) in [5.41, 5.74) is 0. The molecule has 1 aromatic carbocycles. The van der Waals surface area contributed by atoms with E-state index in [9.17, 15) is 0 Å². The molecule has 16 heavy (non-hydrogen) atoms. The van der Waals surface area contributed by atoms with Gasteiger partial charge in [-0.2, -0.15) is 0 Å². The molecular weight excluding hydrogens is 339 g/mol. The van der Waals surface area contributed by atoms with Crippen molar-refractivity contribution in [3.8, 4) is 0 Å². The molecule has 0 nitrogen and oxygen atoms in total. The molecule has 3 aromatic rings. The number of fused-ring (bicyclic) bond motifs is 3. The Labute approximate surface area is 108 Å². The van der Waals surface area contributed by atoms with Gasteiger partial charge < -0.3 is 0 Å². The number of rotatable bonds is 1. The van der Waals surface area contributed by atoms with Crippen LogP contribution in [0.2, 0.25) is 14.8 Å². The van der Waals surface area contributed by atoms with Crippen LogP contribution in [0.3, 0.4) is 0 Å². The van der Waals surface area contributed by atoms with Crippen molar-refractivity contribution in [2.75, 3.05) is 0 Å². The zero-order valence-electron chi connectivity index (χ0n) is 9.70. The first-order valence-corrected chi connectivity index (χ1v) is 17.1. The van der Waals surface area contributed by atoms with Gasteiger partial charge in [0.2, 0.25) is 0 Å². The first kappa shape index (κ1) is 11.1. The van der Waals surface area contributed by atoms with E-state index in [4.69, 9.17) is 0 Å². The average molecular weight is 353 g/mol. The van der Waals surface area contributed by atoms with Gasteiger partial charge in [0.25, 0.3) is 0 Å². The Bertz CT molecular complexity index is 655. The van der Waals surface area contributed by atoms with E-state index < -0.39 is 18.4 Å². The second-order valence-corrected chi connectivity index (χ2v) is 22.6. The molecule has 0 aliphatic rings. The summed E-state index contributed by atoms with van der Waals surface area (Å²) in [6.45, 7) is 0. The molecule has 0 fully saturated rings. The predicted molar refractivity (Wildman–Crippen MR) is 80.2 cm³/mol. The summed E-state index contributed by atoms with van der Waals surface area (Å²) >= 11 is 2.03. The maximum absolute atomic E-state index is 2.49. The van der Waals surface area contributed by atoms with Crippen molar-refractivity contribution in [3.63, 3.8) is 0 Å². The summed E-state index contributed by atoms with van der Waals surface area (Å²) < 4.78 is 4.67. The van der Waals surface area contributed by atoms with Crippen LogP contribution < -0.4 is 2.89 Å². The quantitative estimate of drug-likeness (QED) is 0.558. The normalized spacial score (nSPS) is 12.7. The molecule has 0 bridgehead atoms. The Morgan fingerprint density at radius 1 is 0.938 bits per heavy atom. The standard InChI is InChI=1S/C10H5S2.3CH3.Sn/c1-2-8-4-6-12-10(8)9-7(1)3-5-11-9;;;;/h1-5H;3*1H3;. The zero-order chi connectivity index (χ0) is 11.3. The monoisotopic (exact) mass is 354 g/mol. The average Bonchev–Trinajstić information content (AvgIpc) is 2.81. The van der Waals surface area contributed by atoms with Crippen molar-refractivity contribution < 1.29 is 0 Å². The second-order valence-electron chi connectivity index (χ2n) is 5.18. The van der Waals surface area contributed by atoms with E-state index in [0.29, 0.717) is 0 Å². The van der Waals surface area contributed by atoms with Gasteiger partial charge in [0.15, 0.2) is 0 Å². The van der Waals surface area contributed by atoms with Crippen LogP contribution in [0.4, 0.5) is 0 Å². The second kappa shape index (κ2) is 3.72. The van der Waals surface area contributed by atoms with Crippen molar-refractivity contribution >= 4 is 64.1 Å². The number of benzene rings is 1. The molecule has 0 saturated carbocycles. The van der Waals surface area contributed by atoms with Crippen LogP contribution in [-0.2, 0) is 0 Å². The number of hydrogen-bond donors (Lipinski definition) is 0. The molecule has 2 heterocycles. The fourth-order valence-electron chi connectivity index (χ4n) is 1.89. The Balaban J connectivity index is 2.39. The Hall–Kier alpha value is -0.0613. The topological polar surface area (TPSA) is 0 Å². The van der Waals surface area contributed by atoms with Gasteiger partial charge in [0.05, 0.1) is 0 Å². The Morgan fingerprint density at radius 2 is 1.69 bits per heavy atom. The first-order valence-electron chi connectivity index (χ1n) is 5.46. The van der Waals surface area contributed by atoms with Crippen LogP contribution in [-0.4, -0.2) is 18.4 Å². The van der Waals surface area contributed by atoms with Gasteiger partial charge >= 0.3 is 109 Å². The molecule has 3 rings (SSSR count). The van der Waals surface area contributed by atoms with E-state index in [0.717, 1.165) is 0 Å². The molecule has 0 aliphatic carbocycles. The van der Waals surface area contributed by atoms with E-state index in [1.807, 2.05) is 22.7 Å². The molecule has 3 heteroatoms. The van der Waals surface area contributed by atoms with E-state index in [2.05, 4.69) is 44.5 Å². The maximum atomic E-state index is 2.49. The summed E-state index contributed by atoms with van der Waals surface area (Å²) in [5, 5.41) is 5.04. The van der Waals surface area contributed by atoms with Crippen LogP contribution in [0.5, 0.6) is 0 Å². The van der Waals surface area contributed by atoms with Crippen molar-refractivity contribution in [1.82, 2.24) is 0 Å². The van der Waals surface area contributed by atoms with Crippen molar-refractivity contribution in [2.24, 2.45) is 0 Å². The van der Waals surface area contributed by atoms with E-state index in [-0.39, 0.29) is 0 Å². The van der Waals surface area contributed by atoms with E-state index in [1.54, 1.807) is 2.89 Å². The van der Waals surface area contributed by atoms with Crippen LogP contribution in [0.25, 0.3) is 20.2 Å². The molecular formula is C13H14S2Sn. The zero-order valence-corrected chi connectivity index (χ0v) is 14.2. The predicted octanol–water partition coefficient (Wildman–Crippen LogP) is 4.66. The van der Waals surface area contributed by atoms with Gasteiger partial charge in [0.1, 0.15) is 0 Å². The minimum atomic E-state index is -1.89.